The van der Waals surface area contributed by atoms with Crippen LogP contribution in [-0.2, 0) is 16.6 Å². The van der Waals surface area contributed by atoms with Gasteiger partial charge in [-0.15, -0.1) is 11.3 Å². The molecule has 1 N–H and O–H groups in total. The molecule has 23 heavy (non-hydrogen) atoms. The van der Waals surface area contributed by atoms with Crippen LogP contribution < -0.4 is 5.32 Å². The molecule has 0 radical (unpaired) electrons. The molecule has 7 heteroatoms. The number of nitrogens with one attached hydrogen (secondary N) is 1. The summed E-state index contributed by atoms with van der Waals surface area (Å²) in [7, 11) is 0. The van der Waals surface area contributed by atoms with Crippen molar-refractivity contribution in [3.63, 3.8) is 0 Å². The first-order chi connectivity index (χ1) is 10.9. The highest BCUT2D eigenvalue weighted by Crippen LogP contribution is 2.40. The molecule has 0 aliphatic heterocycles. The SMILES string of the molecule is CC(C)(C)c1noc(CCCC(=O)Nc2nc(C3CC3)cs2)n1. The van der Waals surface area contributed by atoms with E-state index in [9.17, 15) is 4.79 Å². The molecule has 124 valence electrons. The summed E-state index contributed by atoms with van der Waals surface area (Å²) in [6.45, 7) is 6.12. The van der Waals surface area contributed by atoms with Crippen molar-refractivity contribution >= 4 is 22.4 Å². The molecular formula is C16H22N4O2S. The molecule has 2 heterocycles. The molecule has 3 rings (SSSR count). The Hall–Kier alpha value is -1.76. The number of nitrogens with zero attached hydrogens (tertiary/aromatic N) is 3. The van der Waals surface area contributed by atoms with Crippen molar-refractivity contribution in [1.29, 1.82) is 0 Å². The molecule has 0 unspecified atom stereocenters. The van der Waals surface area contributed by atoms with Crippen LogP contribution >= 0.6 is 11.3 Å². The van der Waals surface area contributed by atoms with Crippen molar-refractivity contribution in [1.82, 2.24) is 15.1 Å². The molecule has 1 amide bonds. The van der Waals surface area contributed by atoms with Gasteiger partial charge in [-0.2, -0.15) is 4.98 Å². The predicted octanol–water partition coefficient (Wildman–Crippen LogP) is 3.66. The molecule has 1 aliphatic rings. The second kappa shape index (κ2) is 6.39. The number of carbonyl (C=O) groups is 1. The number of hydrogen-bond donors (Lipinski definition) is 1. The normalized spacial score (nSPS) is 14.9. The number of carbonyl (C=O) groups excluding carboxylic acids is 1. The summed E-state index contributed by atoms with van der Waals surface area (Å²) in [6.07, 6.45) is 4.15. The van der Waals surface area contributed by atoms with E-state index in [1.807, 2.05) is 26.2 Å². The van der Waals surface area contributed by atoms with E-state index in [2.05, 4.69) is 20.4 Å². The summed E-state index contributed by atoms with van der Waals surface area (Å²) < 4.78 is 5.22. The average Bonchev–Trinajstić information content (AvgIpc) is 3.02. The molecule has 1 saturated carbocycles. The van der Waals surface area contributed by atoms with Gasteiger partial charge < -0.3 is 9.84 Å². The van der Waals surface area contributed by atoms with Crippen molar-refractivity contribution in [3.05, 3.63) is 22.8 Å². The lowest BCUT2D eigenvalue weighted by molar-refractivity contribution is -0.116. The molecule has 0 aromatic carbocycles. The largest absolute Gasteiger partial charge is 0.339 e. The molecule has 2 aromatic rings. The van der Waals surface area contributed by atoms with E-state index in [-0.39, 0.29) is 11.3 Å². The summed E-state index contributed by atoms with van der Waals surface area (Å²) in [6, 6.07) is 0. The van der Waals surface area contributed by atoms with E-state index < -0.39 is 0 Å². The molecular weight excluding hydrogens is 312 g/mol. The quantitative estimate of drug-likeness (QED) is 0.872. The standard InChI is InChI=1S/C16H22N4O2S/c1-16(2,3)14-19-13(22-20-14)6-4-5-12(21)18-15-17-11(9-23-15)10-7-8-10/h9-10H,4-8H2,1-3H3,(H,17,18,21). The Morgan fingerprint density at radius 3 is 2.83 bits per heavy atom. The minimum Gasteiger partial charge on any atom is -0.339 e. The monoisotopic (exact) mass is 334 g/mol. The van der Waals surface area contributed by atoms with Crippen LogP contribution in [0.15, 0.2) is 9.90 Å². The molecule has 2 aromatic heterocycles. The van der Waals surface area contributed by atoms with E-state index in [0.717, 1.165) is 5.69 Å². The maximum Gasteiger partial charge on any atom is 0.226 e. The summed E-state index contributed by atoms with van der Waals surface area (Å²) >= 11 is 1.50. The molecule has 0 saturated heterocycles. The van der Waals surface area contributed by atoms with Crippen LogP contribution in [0.4, 0.5) is 5.13 Å². The van der Waals surface area contributed by atoms with Crippen LogP contribution in [0.1, 0.15) is 69.8 Å². The Balaban J connectivity index is 1.42. The van der Waals surface area contributed by atoms with Crippen LogP contribution in [-0.4, -0.2) is 21.0 Å². The van der Waals surface area contributed by atoms with Crippen molar-refractivity contribution in [3.8, 4) is 0 Å². The van der Waals surface area contributed by atoms with E-state index in [1.165, 1.54) is 24.2 Å². The molecule has 0 bridgehead atoms. The second-order valence-electron chi connectivity index (χ2n) is 7.02. The van der Waals surface area contributed by atoms with Crippen molar-refractivity contribution in [2.24, 2.45) is 0 Å². The third-order valence-electron chi connectivity index (χ3n) is 3.70. The van der Waals surface area contributed by atoms with Gasteiger partial charge in [-0.25, -0.2) is 4.98 Å². The smallest absolute Gasteiger partial charge is 0.226 e. The zero-order valence-corrected chi connectivity index (χ0v) is 14.6. The fraction of sp³-hybridized carbons (Fsp3) is 0.625. The number of rotatable bonds is 6. The summed E-state index contributed by atoms with van der Waals surface area (Å²) in [4.78, 5) is 20.8. The van der Waals surface area contributed by atoms with E-state index in [1.54, 1.807) is 0 Å². The van der Waals surface area contributed by atoms with E-state index >= 15 is 0 Å². The Bertz CT molecular complexity index is 682. The predicted molar refractivity (Wildman–Crippen MR) is 88.7 cm³/mol. The second-order valence-corrected chi connectivity index (χ2v) is 7.87. The summed E-state index contributed by atoms with van der Waals surface area (Å²) in [5.74, 6) is 1.89. The van der Waals surface area contributed by atoms with Crippen molar-refractivity contribution in [2.45, 2.75) is 64.2 Å². The van der Waals surface area contributed by atoms with Crippen LogP contribution in [0.3, 0.4) is 0 Å². The third-order valence-corrected chi connectivity index (χ3v) is 4.47. The minimum atomic E-state index is -0.122. The number of amides is 1. The summed E-state index contributed by atoms with van der Waals surface area (Å²) in [5.41, 5.74) is 0.995. The van der Waals surface area contributed by atoms with Crippen LogP contribution in [0.2, 0.25) is 0 Å². The Labute approximate surface area is 139 Å². The highest BCUT2D eigenvalue weighted by Gasteiger charge is 2.26. The number of aryl methyl sites for hydroxylation is 1. The third kappa shape index (κ3) is 4.37. The molecule has 0 atom stereocenters. The first kappa shape index (κ1) is 16.1. The van der Waals surface area contributed by atoms with Gasteiger partial charge >= 0.3 is 0 Å². The number of hydrogen-bond acceptors (Lipinski definition) is 6. The van der Waals surface area contributed by atoms with Crippen LogP contribution in [0.25, 0.3) is 0 Å². The lowest BCUT2D eigenvalue weighted by Crippen LogP contribution is -2.13. The topological polar surface area (TPSA) is 80.9 Å². The van der Waals surface area contributed by atoms with E-state index in [4.69, 9.17) is 4.52 Å². The Kier molecular flexibility index (Phi) is 4.48. The zero-order chi connectivity index (χ0) is 16.4. The van der Waals surface area contributed by atoms with Crippen LogP contribution in [0.5, 0.6) is 0 Å². The zero-order valence-electron chi connectivity index (χ0n) is 13.8. The maximum atomic E-state index is 12.0. The lowest BCUT2D eigenvalue weighted by Gasteiger charge is -2.10. The Morgan fingerprint density at radius 2 is 2.17 bits per heavy atom. The average molecular weight is 334 g/mol. The highest BCUT2D eigenvalue weighted by molar-refractivity contribution is 7.13. The van der Waals surface area contributed by atoms with Gasteiger partial charge in [0.05, 0.1) is 5.69 Å². The molecule has 1 fully saturated rings. The number of anilines is 1. The fourth-order valence-corrected chi connectivity index (χ4v) is 2.96. The van der Waals surface area contributed by atoms with E-state index in [0.29, 0.717) is 42.0 Å². The number of thiazole rings is 1. The van der Waals surface area contributed by atoms with Gasteiger partial charge in [-0.3, -0.25) is 4.79 Å². The fourth-order valence-electron chi connectivity index (χ4n) is 2.15. The van der Waals surface area contributed by atoms with Gasteiger partial charge in [0.25, 0.3) is 0 Å². The summed E-state index contributed by atoms with van der Waals surface area (Å²) in [5, 5.41) is 9.59. The first-order valence-electron chi connectivity index (χ1n) is 8.00. The van der Waals surface area contributed by atoms with Crippen LogP contribution in [0, 0.1) is 0 Å². The van der Waals surface area contributed by atoms with Gasteiger partial charge in [0.1, 0.15) is 0 Å². The number of aromatic nitrogens is 3. The minimum absolute atomic E-state index is 0.0164. The highest BCUT2D eigenvalue weighted by atomic mass is 32.1. The Morgan fingerprint density at radius 1 is 1.39 bits per heavy atom. The van der Waals surface area contributed by atoms with Gasteiger partial charge in [0.2, 0.25) is 11.8 Å². The maximum absolute atomic E-state index is 12.0. The van der Waals surface area contributed by atoms with Gasteiger partial charge in [0.15, 0.2) is 11.0 Å². The lowest BCUT2D eigenvalue weighted by atomic mass is 9.96. The van der Waals surface area contributed by atoms with Crippen molar-refractivity contribution in [2.75, 3.05) is 5.32 Å². The molecule has 0 spiro atoms. The molecule has 6 nitrogen and oxygen atoms in total. The van der Waals surface area contributed by atoms with Gasteiger partial charge in [-0.05, 0) is 19.3 Å². The van der Waals surface area contributed by atoms with Crippen molar-refractivity contribution < 1.29 is 9.32 Å². The first-order valence-corrected chi connectivity index (χ1v) is 8.88. The van der Waals surface area contributed by atoms with Gasteiger partial charge in [0, 0.05) is 29.6 Å². The molecule has 1 aliphatic carbocycles. The van der Waals surface area contributed by atoms with Gasteiger partial charge in [-0.1, -0.05) is 25.9 Å².